The Bertz CT molecular complexity index is 379. The minimum absolute atomic E-state index is 0.0960. The van der Waals surface area contributed by atoms with Gasteiger partial charge in [0.25, 0.3) is 0 Å². The Morgan fingerprint density at radius 1 is 1.47 bits per heavy atom. The fraction of sp³-hybridized carbons (Fsp3) is 0.500. The zero-order valence-corrected chi connectivity index (χ0v) is 8.36. The SMILES string of the molecule is O=C(O)CCNc1cc2c(nn1)CCC2. The molecule has 1 aliphatic rings. The van der Waals surface area contributed by atoms with Crippen LogP contribution in [0.2, 0.25) is 0 Å². The molecule has 2 N–H and O–H groups in total. The number of carbonyl (C=O) groups is 1. The molecule has 0 aromatic carbocycles. The van der Waals surface area contributed by atoms with E-state index >= 15 is 0 Å². The zero-order chi connectivity index (χ0) is 10.7. The highest BCUT2D eigenvalue weighted by Gasteiger charge is 2.13. The molecule has 2 rings (SSSR count). The molecule has 0 unspecified atom stereocenters. The number of hydrogen-bond acceptors (Lipinski definition) is 4. The van der Waals surface area contributed by atoms with Gasteiger partial charge in [-0.2, -0.15) is 5.10 Å². The van der Waals surface area contributed by atoms with Crippen molar-refractivity contribution in [3.8, 4) is 0 Å². The van der Waals surface area contributed by atoms with Crippen LogP contribution in [0, 0.1) is 0 Å². The van der Waals surface area contributed by atoms with Gasteiger partial charge in [-0.15, -0.1) is 5.10 Å². The summed E-state index contributed by atoms with van der Waals surface area (Å²) in [7, 11) is 0. The van der Waals surface area contributed by atoms with Crippen LogP contribution in [0.15, 0.2) is 6.07 Å². The van der Waals surface area contributed by atoms with Crippen LogP contribution >= 0.6 is 0 Å². The van der Waals surface area contributed by atoms with Crippen molar-refractivity contribution in [3.63, 3.8) is 0 Å². The first-order valence-corrected chi connectivity index (χ1v) is 5.07. The molecule has 0 atom stereocenters. The van der Waals surface area contributed by atoms with E-state index in [-0.39, 0.29) is 6.42 Å². The second kappa shape index (κ2) is 4.25. The quantitative estimate of drug-likeness (QED) is 0.765. The van der Waals surface area contributed by atoms with Crippen molar-refractivity contribution in [1.29, 1.82) is 0 Å². The smallest absolute Gasteiger partial charge is 0.305 e. The maximum atomic E-state index is 10.3. The molecule has 0 bridgehead atoms. The van der Waals surface area contributed by atoms with E-state index in [9.17, 15) is 4.79 Å². The van der Waals surface area contributed by atoms with Gasteiger partial charge >= 0.3 is 5.97 Å². The largest absolute Gasteiger partial charge is 0.481 e. The van der Waals surface area contributed by atoms with Crippen LogP contribution in [-0.4, -0.2) is 27.8 Å². The number of rotatable bonds is 4. The van der Waals surface area contributed by atoms with Crippen LogP contribution in [-0.2, 0) is 17.6 Å². The molecule has 15 heavy (non-hydrogen) atoms. The molecule has 5 heteroatoms. The molecule has 1 heterocycles. The Hall–Kier alpha value is -1.65. The number of carboxylic acids is 1. The van der Waals surface area contributed by atoms with Crippen LogP contribution in [0.1, 0.15) is 24.1 Å². The van der Waals surface area contributed by atoms with Crippen molar-refractivity contribution in [3.05, 3.63) is 17.3 Å². The van der Waals surface area contributed by atoms with Crippen molar-refractivity contribution in [1.82, 2.24) is 10.2 Å². The van der Waals surface area contributed by atoms with Gasteiger partial charge in [-0.1, -0.05) is 0 Å². The van der Waals surface area contributed by atoms with Crippen LogP contribution in [0.4, 0.5) is 5.82 Å². The van der Waals surface area contributed by atoms with E-state index < -0.39 is 5.97 Å². The molecule has 0 radical (unpaired) electrons. The third-order valence-electron chi connectivity index (χ3n) is 2.46. The van der Waals surface area contributed by atoms with Crippen LogP contribution in [0.25, 0.3) is 0 Å². The van der Waals surface area contributed by atoms with Gasteiger partial charge in [0.05, 0.1) is 12.1 Å². The molecule has 1 aromatic rings. The Balaban J connectivity index is 1.95. The number of anilines is 1. The molecule has 5 nitrogen and oxygen atoms in total. The lowest BCUT2D eigenvalue weighted by Gasteiger charge is -2.04. The molecule has 1 aromatic heterocycles. The van der Waals surface area contributed by atoms with Crippen molar-refractivity contribution >= 4 is 11.8 Å². The molecular weight excluding hydrogens is 194 g/mol. The molecule has 0 amide bonds. The number of aryl methyl sites for hydroxylation is 2. The number of hydrogen-bond donors (Lipinski definition) is 2. The van der Waals surface area contributed by atoms with E-state index in [0.29, 0.717) is 12.4 Å². The molecule has 0 aliphatic heterocycles. The molecule has 0 spiro atoms. The summed E-state index contributed by atoms with van der Waals surface area (Å²) < 4.78 is 0. The lowest BCUT2D eigenvalue weighted by molar-refractivity contribution is -0.136. The average Bonchev–Trinajstić information content (AvgIpc) is 2.64. The number of nitrogens with zero attached hydrogens (tertiary/aromatic N) is 2. The number of nitrogens with one attached hydrogen (secondary N) is 1. The van der Waals surface area contributed by atoms with Crippen molar-refractivity contribution < 1.29 is 9.90 Å². The number of aromatic nitrogens is 2. The summed E-state index contributed by atoms with van der Waals surface area (Å²) >= 11 is 0. The highest BCUT2D eigenvalue weighted by Crippen LogP contribution is 2.20. The van der Waals surface area contributed by atoms with Gasteiger partial charge in [0.15, 0.2) is 0 Å². The summed E-state index contributed by atoms with van der Waals surface area (Å²) in [4.78, 5) is 10.3. The first-order valence-electron chi connectivity index (χ1n) is 5.07. The summed E-state index contributed by atoms with van der Waals surface area (Å²) in [5, 5.41) is 19.5. The van der Waals surface area contributed by atoms with Crippen LogP contribution < -0.4 is 5.32 Å². The molecule has 0 saturated heterocycles. The Kier molecular flexibility index (Phi) is 2.80. The van der Waals surface area contributed by atoms with Gasteiger partial charge in [0, 0.05) is 6.54 Å². The van der Waals surface area contributed by atoms with Crippen LogP contribution in [0.3, 0.4) is 0 Å². The number of carboxylic acid groups (broad SMARTS) is 1. The topological polar surface area (TPSA) is 75.1 Å². The number of fused-ring (bicyclic) bond motifs is 1. The van der Waals surface area contributed by atoms with Gasteiger partial charge in [0.2, 0.25) is 0 Å². The van der Waals surface area contributed by atoms with E-state index in [1.165, 1.54) is 5.56 Å². The second-order valence-corrected chi connectivity index (χ2v) is 3.63. The predicted octanol–water partition coefficient (Wildman–Crippen LogP) is 0.852. The van der Waals surface area contributed by atoms with Gasteiger partial charge < -0.3 is 10.4 Å². The third kappa shape index (κ3) is 2.43. The lowest BCUT2D eigenvalue weighted by atomic mass is 10.2. The van der Waals surface area contributed by atoms with Gasteiger partial charge in [-0.25, -0.2) is 0 Å². The lowest BCUT2D eigenvalue weighted by Crippen LogP contribution is -2.09. The first kappa shape index (κ1) is 9.89. The summed E-state index contributed by atoms with van der Waals surface area (Å²) in [6.45, 7) is 0.392. The summed E-state index contributed by atoms with van der Waals surface area (Å²) in [5.74, 6) is -0.131. The standard InChI is InChI=1S/C10H13N3O2/c14-10(15)4-5-11-9-6-7-2-1-3-8(7)12-13-9/h6H,1-5H2,(H,11,13)(H,14,15). The zero-order valence-electron chi connectivity index (χ0n) is 8.36. The van der Waals surface area contributed by atoms with E-state index in [0.717, 1.165) is 25.0 Å². The van der Waals surface area contributed by atoms with Gasteiger partial charge in [-0.05, 0) is 30.9 Å². The van der Waals surface area contributed by atoms with Gasteiger partial charge in [0.1, 0.15) is 5.82 Å². The Labute approximate surface area is 87.5 Å². The minimum atomic E-state index is -0.809. The van der Waals surface area contributed by atoms with E-state index in [2.05, 4.69) is 15.5 Å². The highest BCUT2D eigenvalue weighted by atomic mass is 16.4. The second-order valence-electron chi connectivity index (χ2n) is 3.63. The molecule has 1 aliphatic carbocycles. The Morgan fingerprint density at radius 3 is 3.13 bits per heavy atom. The normalized spacial score (nSPS) is 13.6. The highest BCUT2D eigenvalue weighted by molar-refractivity contribution is 5.67. The maximum Gasteiger partial charge on any atom is 0.305 e. The average molecular weight is 207 g/mol. The molecule has 0 fully saturated rings. The molecule has 0 saturated carbocycles. The number of aliphatic carboxylic acids is 1. The summed E-state index contributed by atoms with van der Waals surface area (Å²) in [5.41, 5.74) is 2.32. The van der Waals surface area contributed by atoms with E-state index in [1.54, 1.807) is 0 Å². The van der Waals surface area contributed by atoms with Gasteiger partial charge in [-0.3, -0.25) is 4.79 Å². The molecule has 80 valence electrons. The predicted molar refractivity (Wildman–Crippen MR) is 54.8 cm³/mol. The Morgan fingerprint density at radius 2 is 2.33 bits per heavy atom. The van der Waals surface area contributed by atoms with Crippen molar-refractivity contribution in [2.45, 2.75) is 25.7 Å². The first-order chi connectivity index (χ1) is 7.25. The monoisotopic (exact) mass is 207 g/mol. The summed E-state index contributed by atoms with van der Waals surface area (Å²) in [6, 6.07) is 1.97. The fourth-order valence-electron chi connectivity index (χ4n) is 1.71. The minimum Gasteiger partial charge on any atom is -0.481 e. The maximum absolute atomic E-state index is 10.3. The van der Waals surface area contributed by atoms with E-state index in [1.807, 2.05) is 6.07 Å². The van der Waals surface area contributed by atoms with E-state index in [4.69, 9.17) is 5.11 Å². The fourth-order valence-corrected chi connectivity index (χ4v) is 1.71. The third-order valence-corrected chi connectivity index (χ3v) is 2.46. The molecular formula is C10H13N3O2. The van der Waals surface area contributed by atoms with Crippen molar-refractivity contribution in [2.75, 3.05) is 11.9 Å². The summed E-state index contributed by atoms with van der Waals surface area (Å²) in [6.07, 6.45) is 3.30. The van der Waals surface area contributed by atoms with Crippen LogP contribution in [0.5, 0.6) is 0 Å². The van der Waals surface area contributed by atoms with Crippen molar-refractivity contribution in [2.24, 2.45) is 0 Å².